The first-order valence-corrected chi connectivity index (χ1v) is 10.7. The fourth-order valence-electron chi connectivity index (χ4n) is 3.71. The number of piperidine rings is 1. The predicted octanol–water partition coefficient (Wildman–Crippen LogP) is 5.24. The topological polar surface area (TPSA) is 32.3 Å². The molecule has 1 atom stereocenters. The maximum absolute atomic E-state index is 12.8. The number of hydrogen-bond donors (Lipinski definition) is 1. The van der Waals surface area contributed by atoms with Gasteiger partial charge in [-0.2, -0.15) is 0 Å². The third-order valence-electron chi connectivity index (χ3n) is 5.48. The van der Waals surface area contributed by atoms with Crippen LogP contribution in [0.4, 0.5) is 0 Å². The third-order valence-corrected chi connectivity index (χ3v) is 6.01. The Balaban J connectivity index is 1.50. The van der Waals surface area contributed by atoms with Crippen LogP contribution < -0.4 is 5.32 Å². The zero-order valence-electron chi connectivity index (χ0n) is 16.2. The molecule has 0 saturated carbocycles. The van der Waals surface area contributed by atoms with Crippen molar-refractivity contribution in [3.05, 3.63) is 69.7 Å². The minimum absolute atomic E-state index is 0.110. The van der Waals surface area contributed by atoms with Gasteiger partial charge in [0.05, 0.1) is 6.04 Å². The Bertz CT molecular complexity index is 734. The molecule has 144 valence electrons. The quantitative estimate of drug-likeness (QED) is 0.682. The first-order valence-electron chi connectivity index (χ1n) is 9.89. The Morgan fingerprint density at radius 2 is 1.74 bits per heavy atom. The molecule has 3 rings (SSSR count). The number of hydrogen-bond acceptors (Lipinski definition) is 2. The summed E-state index contributed by atoms with van der Waals surface area (Å²) >= 11 is 3.48. The van der Waals surface area contributed by atoms with Gasteiger partial charge in [0.1, 0.15) is 0 Å². The normalized spacial score (nSPS) is 16.9. The van der Waals surface area contributed by atoms with Crippen LogP contribution in [0.2, 0.25) is 0 Å². The molecule has 0 aromatic heterocycles. The maximum Gasteiger partial charge on any atom is 0.223 e. The number of likely N-dealkylation sites (tertiary alicyclic amines) is 1. The molecular formula is C23H29BrN2O. The second-order valence-electron chi connectivity index (χ2n) is 7.56. The van der Waals surface area contributed by atoms with E-state index in [1.54, 1.807) is 0 Å². The van der Waals surface area contributed by atoms with Crippen molar-refractivity contribution in [1.82, 2.24) is 10.2 Å². The van der Waals surface area contributed by atoms with E-state index in [9.17, 15) is 4.79 Å². The first-order chi connectivity index (χ1) is 13.0. The van der Waals surface area contributed by atoms with Crippen molar-refractivity contribution in [2.45, 2.75) is 45.7 Å². The smallest absolute Gasteiger partial charge is 0.223 e. The molecule has 0 bridgehead atoms. The van der Waals surface area contributed by atoms with Crippen LogP contribution in [0.25, 0.3) is 0 Å². The Labute approximate surface area is 171 Å². The highest BCUT2D eigenvalue weighted by Gasteiger charge is 2.26. The lowest BCUT2D eigenvalue weighted by molar-refractivity contribution is -0.127. The van der Waals surface area contributed by atoms with E-state index < -0.39 is 0 Å². The largest absolute Gasteiger partial charge is 0.349 e. The van der Waals surface area contributed by atoms with Crippen molar-refractivity contribution in [1.29, 1.82) is 0 Å². The van der Waals surface area contributed by atoms with Crippen molar-refractivity contribution >= 4 is 21.8 Å². The van der Waals surface area contributed by atoms with Gasteiger partial charge in [0, 0.05) is 16.9 Å². The van der Waals surface area contributed by atoms with E-state index in [0.717, 1.165) is 43.4 Å². The standard InChI is InChI=1S/C23H29BrN2O/c1-3-22(19-8-4-17(2)5-9-19)25-23(27)20-12-14-26(15-13-20)16-18-6-10-21(24)11-7-18/h4-11,20,22H,3,12-16H2,1-2H3,(H,25,27)/t22-/m1/s1. The van der Waals surface area contributed by atoms with E-state index in [0.29, 0.717) is 0 Å². The van der Waals surface area contributed by atoms with Gasteiger partial charge in [-0.15, -0.1) is 0 Å². The highest BCUT2D eigenvalue weighted by atomic mass is 79.9. The summed E-state index contributed by atoms with van der Waals surface area (Å²) in [6.45, 7) is 7.14. The summed E-state index contributed by atoms with van der Waals surface area (Å²) in [5, 5.41) is 3.28. The van der Waals surface area contributed by atoms with E-state index in [1.165, 1.54) is 16.7 Å². The molecular weight excluding hydrogens is 400 g/mol. The molecule has 1 aliphatic rings. The Morgan fingerprint density at radius 3 is 2.33 bits per heavy atom. The summed E-state index contributed by atoms with van der Waals surface area (Å²) in [7, 11) is 0. The zero-order chi connectivity index (χ0) is 19.2. The molecule has 3 nitrogen and oxygen atoms in total. The molecule has 1 heterocycles. The Kier molecular flexibility index (Phi) is 7.08. The van der Waals surface area contributed by atoms with Gasteiger partial charge in [0.15, 0.2) is 0 Å². The fourth-order valence-corrected chi connectivity index (χ4v) is 3.98. The minimum atomic E-state index is 0.110. The zero-order valence-corrected chi connectivity index (χ0v) is 17.8. The Morgan fingerprint density at radius 1 is 1.11 bits per heavy atom. The SMILES string of the molecule is CC[C@@H](NC(=O)C1CCN(Cc2ccc(Br)cc2)CC1)c1ccc(C)cc1. The maximum atomic E-state index is 12.8. The number of amides is 1. The molecule has 0 radical (unpaired) electrons. The summed E-state index contributed by atoms with van der Waals surface area (Å²) < 4.78 is 1.11. The van der Waals surface area contributed by atoms with Crippen molar-refractivity contribution < 1.29 is 4.79 Å². The number of rotatable bonds is 6. The monoisotopic (exact) mass is 428 g/mol. The van der Waals surface area contributed by atoms with Crippen LogP contribution in [-0.2, 0) is 11.3 Å². The predicted molar refractivity (Wildman–Crippen MR) is 114 cm³/mol. The van der Waals surface area contributed by atoms with Gasteiger partial charge in [-0.1, -0.05) is 64.8 Å². The van der Waals surface area contributed by atoms with E-state index in [1.807, 2.05) is 0 Å². The van der Waals surface area contributed by atoms with Gasteiger partial charge in [-0.05, 0) is 62.5 Å². The van der Waals surface area contributed by atoms with Crippen LogP contribution >= 0.6 is 15.9 Å². The molecule has 0 unspecified atom stereocenters. The molecule has 2 aromatic carbocycles. The number of nitrogens with one attached hydrogen (secondary N) is 1. The van der Waals surface area contributed by atoms with Crippen molar-refractivity contribution in [3.8, 4) is 0 Å². The van der Waals surface area contributed by atoms with Gasteiger partial charge in [0.25, 0.3) is 0 Å². The van der Waals surface area contributed by atoms with Gasteiger partial charge >= 0.3 is 0 Å². The van der Waals surface area contributed by atoms with Crippen LogP contribution in [0.15, 0.2) is 53.0 Å². The van der Waals surface area contributed by atoms with E-state index >= 15 is 0 Å². The minimum Gasteiger partial charge on any atom is -0.349 e. The molecule has 1 saturated heterocycles. The molecule has 1 N–H and O–H groups in total. The molecule has 1 amide bonds. The highest BCUT2D eigenvalue weighted by molar-refractivity contribution is 9.10. The van der Waals surface area contributed by atoms with Crippen molar-refractivity contribution in [2.24, 2.45) is 5.92 Å². The molecule has 0 spiro atoms. The molecule has 0 aliphatic carbocycles. The summed E-state index contributed by atoms with van der Waals surface area (Å²) in [4.78, 5) is 15.2. The van der Waals surface area contributed by atoms with Crippen molar-refractivity contribution in [2.75, 3.05) is 13.1 Å². The number of halogens is 1. The Hall–Kier alpha value is -1.65. The summed E-state index contributed by atoms with van der Waals surface area (Å²) in [5.74, 6) is 0.344. The average molecular weight is 429 g/mol. The first kappa shape index (κ1) is 20.1. The van der Waals surface area contributed by atoms with Crippen LogP contribution in [0.3, 0.4) is 0 Å². The summed E-state index contributed by atoms with van der Waals surface area (Å²) in [6, 6.07) is 17.1. The highest BCUT2D eigenvalue weighted by Crippen LogP contribution is 2.23. The fraction of sp³-hybridized carbons (Fsp3) is 0.435. The summed E-state index contributed by atoms with van der Waals surface area (Å²) in [5.41, 5.74) is 3.77. The van der Waals surface area contributed by atoms with E-state index in [4.69, 9.17) is 0 Å². The lowest BCUT2D eigenvalue weighted by atomic mass is 9.94. The lowest BCUT2D eigenvalue weighted by Gasteiger charge is -2.32. The van der Waals surface area contributed by atoms with Gasteiger partial charge in [-0.3, -0.25) is 9.69 Å². The number of benzene rings is 2. The molecule has 27 heavy (non-hydrogen) atoms. The molecule has 1 aliphatic heterocycles. The second-order valence-corrected chi connectivity index (χ2v) is 8.47. The lowest BCUT2D eigenvalue weighted by Crippen LogP contribution is -2.41. The van der Waals surface area contributed by atoms with Crippen LogP contribution in [0.1, 0.15) is 48.9 Å². The third kappa shape index (κ3) is 5.66. The van der Waals surface area contributed by atoms with E-state index in [2.05, 4.69) is 88.5 Å². The number of aryl methyl sites for hydroxylation is 1. The van der Waals surface area contributed by atoms with Crippen LogP contribution in [0.5, 0.6) is 0 Å². The van der Waals surface area contributed by atoms with Gasteiger partial charge in [-0.25, -0.2) is 0 Å². The number of carbonyl (C=O) groups excluding carboxylic acids is 1. The van der Waals surface area contributed by atoms with Crippen molar-refractivity contribution in [3.63, 3.8) is 0 Å². The second kappa shape index (κ2) is 9.52. The molecule has 1 fully saturated rings. The number of nitrogens with zero attached hydrogens (tertiary/aromatic N) is 1. The molecule has 2 aromatic rings. The van der Waals surface area contributed by atoms with Crippen LogP contribution in [-0.4, -0.2) is 23.9 Å². The van der Waals surface area contributed by atoms with Crippen LogP contribution in [0, 0.1) is 12.8 Å². The summed E-state index contributed by atoms with van der Waals surface area (Å²) in [6.07, 6.45) is 2.79. The number of carbonyl (C=O) groups is 1. The van der Waals surface area contributed by atoms with Gasteiger partial charge in [0.2, 0.25) is 5.91 Å². The molecule has 4 heteroatoms. The van der Waals surface area contributed by atoms with E-state index in [-0.39, 0.29) is 17.9 Å². The van der Waals surface area contributed by atoms with Gasteiger partial charge < -0.3 is 5.32 Å². The average Bonchev–Trinajstić information content (AvgIpc) is 2.69.